The molecule has 0 aliphatic carbocycles. The zero-order valence-electron chi connectivity index (χ0n) is 31.3. The molecular weight excluding hydrogens is 729 g/mol. The van der Waals surface area contributed by atoms with Crippen LogP contribution in [-0.2, 0) is 6.42 Å². The highest BCUT2D eigenvalue weighted by Crippen LogP contribution is 2.44. The summed E-state index contributed by atoms with van der Waals surface area (Å²) in [6.07, 6.45) is 2.86. The number of nitrogens with zero attached hydrogens (tertiary/aromatic N) is 3. The monoisotopic (exact) mass is 762 g/mol. The molecule has 0 amide bonds. The van der Waals surface area contributed by atoms with Gasteiger partial charge in [-0.25, -0.2) is 4.99 Å². The van der Waals surface area contributed by atoms with Gasteiger partial charge < -0.3 is 14.7 Å². The number of aliphatic imine (C=N–C) groups is 1. The first-order chi connectivity index (χ1) is 28.7. The maximum atomic E-state index is 6.83. The topological polar surface area (TPSA) is 61.4 Å². The van der Waals surface area contributed by atoms with Crippen LogP contribution in [0.3, 0.4) is 0 Å². The molecular formula is C52H34N4OS. The SMILES string of the molecule is N/C(=N\C(=C/Cc1ccc2oc3ccccc3c2c1)n1c2ccccc2c2c3sc4ccc(-n5c6ccccc6c6ccccc65)cc4c3ccc21)c1ccccc1. The van der Waals surface area contributed by atoms with Gasteiger partial charge >= 0.3 is 0 Å². The van der Waals surface area contributed by atoms with Crippen LogP contribution < -0.4 is 5.73 Å². The third kappa shape index (κ3) is 4.98. The van der Waals surface area contributed by atoms with E-state index >= 15 is 0 Å². The van der Waals surface area contributed by atoms with Crippen molar-refractivity contribution in [2.75, 3.05) is 0 Å². The van der Waals surface area contributed by atoms with E-state index in [1.54, 1.807) is 0 Å². The minimum Gasteiger partial charge on any atom is -0.456 e. The lowest BCUT2D eigenvalue weighted by Crippen LogP contribution is -2.14. The van der Waals surface area contributed by atoms with Gasteiger partial charge in [-0.15, -0.1) is 11.3 Å². The molecule has 12 aromatic rings. The van der Waals surface area contributed by atoms with Gasteiger partial charge in [0, 0.05) is 63.7 Å². The fraction of sp³-hybridized carbons (Fsp3) is 0.0192. The Bertz CT molecular complexity index is 3620. The van der Waals surface area contributed by atoms with E-state index in [4.69, 9.17) is 15.1 Å². The number of amidine groups is 1. The Morgan fingerprint density at radius 2 is 1.22 bits per heavy atom. The van der Waals surface area contributed by atoms with Crippen LogP contribution in [0.4, 0.5) is 0 Å². The highest BCUT2D eigenvalue weighted by atomic mass is 32.1. The number of hydrogen-bond acceptors (Lipinski definition) is 3. The quantitative estimate of drug-likeness (QED) is 0.135. The highest BCUT2D eigenvalue weighted by Gasteiger charge is 2.20. The van der Waals surface area contributed by atoms with E-state index in [9.17, 15) is 0 Å². The molecule has 0 saturated carbocycles. The number of benzene rings is 8. The first-order valence-electron chi connectivity index (χ1n) is 19.6. The van der Waals surface area contributed by atoms with Gasteiger partial charge in [0.15, 0.2) is 0 Å². The molecule has 6 heteroatoms. The molecule has 0 atom stereocenters. The van der Waals surface area contributed by atoms with E-state index in [0.717, 1.165) is 55.6 Å². The third-order valence-corrected chi connectivity index (χ3v) is 12.8. The molecule has 274 valence electrons. The molecule has 0 radical (unpaired) electrons. The average Bonchev–Trinajstić information content (AvgIpc) is 4.02. The number of nitrogens with two attached hydrogens (primary N) is 1. The lowest BCUT2D eigenvalue weighted by atomic mass is 10.1. The maximum Gasteiger partial charge on any atom is 0.136 e. The minimum atomic E-state index is 0.467. The van der Waals surface area contributed by atoms with Crippen LogP contribution in [-0.4, -0.2) is 15.0 Å². The van der Waals surface area contributed by atoms with Crippen molar-refractivity contribution in [1.82, 2.24) is 9.13 Å². The van der Waals surface area contributed by atoms with Crippen molar-refractivity contribution >= 4 is 109 Å². The molecule has 2 N–H and O–H groups in total. The lowest BCUT2D eigenvalue weighted by molar-refractivity contribution is 0.669. The number of fused-ring (bicyclic) bond motifs is 13. The maximum absolute atomic E-state index is 6.83. The van der Waals surface area contributed by atoms with Crippen molar-refractivity contribution in [2.45, 2.75) is 6.42 Å². The molecule has 8 aromatic carbocycles. The minimum absolute atomic E-state index is 0.467. The number of furan rings is 1. The fourth-order valence-corrected chi connectivity index (χ4v) is 10.2. The second-order valence-corrected chi connectivity index (χ2v) is 16.0. The Hall–Kier alpha value is -7.41. The normalized spacial score (nSPS) is 12.8. The predicted octanol–water partition coefficient (Wildman–Crippen LogP) is 13.6. The summed E-state index contributed by atoms with van der Waals surface area (Å²) in [4.78, 5) is 5.22. The van der Waals surface area contributed by atoms with Gasteiger partial charge in [0.25, 0.3) is 0 Å². The Balaban J connectivity index is 1.06. The van der Waals surface area contributed by atoms with Crippen LogP contribution in [0.5, 0.6) is 0 Å². The molecule has 0 fully saturated rings. The lowest BCUT2D eigenvalue weighted by Gasteiger charge is -2.11. The molecule has 0 aliphatic rings. The number of para-hydroxylation sites is 4. The largest absolute Gasteiger partial charge is 0.456 e. The number of aromatic nitrogens is 2. The summed E-state index contributed by atoms with van der Waals surface area (Å²) in [6.45, 7) is 0. The fourth-order valence-electron chi connectivity index (χ4n) is 8.95. The van der Waals surface area contributed by atoms with E-state index in [2.05, 4.69) is 149 Å². The van der Waals surface area contributed by atoms with Crippen molar-refractivity contribution in [3.8, 4) is 5.69 Å². The van der Waals surface area contributed by atoms with Crippen LogP contribution in [0, 0.1) is 0 Å². The van der Waals surface area contributed by atoms with E-state index in [0.29, 0.717) is 12.3 Å². The molecule has 0 saturated heterocycles. The molecule has 4 heterocycles. The Morgan fingerprint density at radius 3 is 2.02 bits per heavy atom. The number of hydrogen-bond donors (Lipinski definition) is 1. The van der Waals surface area contributed by atoms with Crippen molar-refractivity contribution in [3.63, 3.8) is 0 Å². The molecule has 4 aromatic heterocycles. The second kappa shape index (κ2) is 12.8. The Kier molecular flexibility index (Phi) is 7.25. The molecule has 58 heavy (non-hydrogen) atoms. The summed E-state index contributed by atoms with van der Waals surface area (Å²) in [7, 11) is 0. The van der Waals surface area contributed by atoms with Gasteiger partial charge in [0.2, 0.25) is 0 Å². The smallest absolute Gasteiger partial charge is 0.136 e. The van der Waals surface area contributed by atoms with Crippen molar-refractivity contribution in [1.29, 1.82) is 0 Å². The van der Waals surface area contributed by atoms with Gasteiger partial charge in [0.05, 0.1) is 22.1 Å². The zero-order chi connectivity index (χ0) is 38.3. The predicted molar refractivity (Wildman–Crippen MR) is 246 cm³/mol. The van der Waals surface area contributed by atoms with Crippen molar-refractivity contribution in [3.05, 3.63) is 193 Å². The summed E-state index contributed by atoms with van der Waals surface area (Å²) in [5, 5.41) is 9.66. The summed E-state index contributed by atoms with van der Waals surface area (Å²) < 4.78 is 13.4. The molecule has 0 bridgehead atoms. The van der Waals surface area contributed by atoms with E-state index in [1.165, 1.54) is 52.8 Å². The number of allylic oxidation sites excluding steroid dienone is 1. The Labute approximate surface area is 336 Å². The molecule has 0 unspecified atom stereocenters. The van der Waals surface area contributed by atoms with Crippen molar-refractivity contribution < 1.29 is 4.42 Å². The van der Waals surface area contributed by atoms with E-state index in [1.807, 2.05) is 53.8 Å². The van der Waals surface area contributed by atoms with Gasteiger partial charge in [-0.2, -0.15) is 0 Å². The van der Waals surface area contributed by atoms with Crippen LogP contribution in [0.15, 0.2) is 191 Å². The average molecular weight is 763 g/mol. The van der Waals surface area contributed by atoms with Gasteiger partial charge in [-0.3, -0.25) is 4.57 Å². The molecule has 0 aliphatic heterocycles. The van der Waals surface area contributed by atoms with Crippen LogP contribution in [0.2, 0.25) is 0 Å². The molecule has 12 rings (SSSR count). The number of thiophene rings is 1. The van der Waals surface area contributed by atoms with E-state index in [-0.39, 0.29) is 0 Å². The second-order valence-electron chi connectivity index (χ2n) is 14.9. The van der Waals surface area contributed by atoms with Crippen LogP contribution in [0.1, 0.15) is 11.1 Å². The first-order valence-corrected chi connectivity index (χ1v) is 20.4. The summed E-state index contributed by atoms with van der Waals surface area (Å²) >= 11 is 1.86. The first kappa shape index (κ1) is 32.8. The van der Waals surface area contributed by atoms with Gasteiger partial charge in [-0.1, -0.05) is 115 Å². The molecule has 5 nitrogen and oxygen atoms in total. The summed E-state index contributed by atoms with van der Waals surface area (Å²) in [5.74, 6) is 1.24. The Morgan fingerprint density at radius 1 is 0.552 bits per heavy atom. The third-order valence-electron chi connectivity index (χ3n) is 11.6. The van der Waals surface area contributed by atoms with Crippen LogP contribution in [0.25, 0.3) is 97.2 Å². The molecule has 0 spiro atoms. The van der Waals surface area contributed by atoms with Gasteiger partial charge in [-0.05, 0) is 78.7 Å². The number of rotatable bonds is 6. The van der Waals surface area contributed by atoms with Crippen LogP contribution >= 0.6 is 11.3 Å². The highest BCUT2D eigenvalue weighted by molar-refractivity contribution is 7.26. The van der Waals surface area contributed by atoms with Gasteiger partial charge in [0.1, 0.15) is 22.8 Å². The van der Waals surface area contributed by atoms with Crippen molar-refractivity contribution in [2.24, 2.45) is 10.7 Å². The summed E-state index contributed by atoms with van der Waals surface area (Å²) in [6, 6.07) is 62.2. The van der Waals surface area contributed by atoms with E-state index < -0.39 is 0 Å². The summed E-state index contributed by atoms with van der Waals surface area (Å²) in [5.41, 5.74) is 16.4. The zero-order valence-corrected chi connectivity index (χ0v) is 32.1. The standard InChI is InChI=1S/C52H34N4OS/c53-52(33-12-2-1-3-13-33)54-49(29-23-32-22-27-47-40(30-32)37-16-7-11-21-46(37)57-47)56-44-20-10-6-17-39(44)50-45(56)26-25-38-41-31-34(24-28-48(41)58-51(38)50)55-42-18-8-4-14-35(42)36-15-5-9-19-43(36)55/h1-22,24-31H,23H2,(H2,53,54)/b49-29+.